The van der Waals surface area contributed by atoms with Crippen LogP contribution >= 0.6 is 11.6 Å². The lowest BCUT2D eigenvalue weighted by Gasteiger charge is -2.32. The van der Waals surface area contributed by atoms with E-state index in [0.717, 1.165) is 37.8 Å². The van der Waals surface area contributed by atoms with E-state index >= 15 is 0 Å². The van der Waals surface area contributed by atoms with Crippen molar-refractivity contribution in [1.29, 1.82) is 0 Å². The highest BCUT2D eigenvalue weighted by molar-refractivity contribution is 6.31. The van der Waals surface area contributed by atoms with Gasteiger partial charge in [0.1, 0.15) is 5.82 Å². The molecule has 5 rings (SSSR count). The smallest absolute Gasteiger partial charge is 0.281 e. The Kier molecular flexibility index (Phi) is 4.58. The zero-order chi connectivity index (χ0) is 20.0. The van der Waals surface area contributed by atoms with Crippen LogP contribution in [0, 0.1) is 5.92 Å². The molecule has 2 aromatic heterocycles. The minimum Gasteiger partial charge on any atom is -0.342 e. The number of aromatic nitrogens is 5. The Labute approximate surface area is 171 Å². The number of benzene rings is 1. The average molecular weight is 413 g/mol. The molecule has 0 spiro atoms. The van der Waals surface area contributed by atoms with Crippen molar-refractivity contribution < 1.29 is 4.79 Å². The Hall–Kier alpha value is -2.74. The SMILES string of the molecule is O=C(C1CC1)N1CCC[C@@H](c2nc3c(nnn3Cc3ccccc3Cl)c(=O)[nH]2)C1. The number of fused-ring (bicyclic) bond motifs is 1. The molecule has 150 valence electrons. The summed E-state index contributed by atoms with van der Waals surface area (Å²) in [5.41, 5.74) is 1.22. The Morgan fingerprint density at radius 3 is 2.86 bits per heavy atom. The second-order valence-electron chi connectivity index (χ2n) is 7.86. The van der Waals surface area contributed by atoms with E-state index in [2.05, 4.69) is 15.3 Å². The van der Waals surface area contributed by atoms with Gasteiger partial charge in [-0.15, -0.1) is 5.10 Å². The molecule has 0 bridgehead atoms. The molecule has 1 saturated heterocycles. The topological polar surface area (TPSA) is 96.8 Å². The molecule has 2 fully saturated rings. The summed E-state index contributed by atoms with van der Waals surface area (Å²) in [5.74, 6) is 1.04. The minimum absolute atomic E-state index is 0.00668. The third-order valence-electron chi connectivity index (χ3n) is 5.72. The highest BCUT2D eigenvalue weighted by atomic mass is 35.5. The van der Waals surface area contributed by atoms with Gasteiger partial charge in [-0.05, 0) is 37.3 Å². The first-order valence-corrected chi connectivity index (χ1v) is 10.3. The van der Waals surface area contributed by atoms with Crippen molar-refractivity contribution in [3.8, 4) is 0 Å². The Morgan fingerprint density at radius 2 is 2.07 bits per heavy atom. The summed E-state index contributed by atoms with van der Waals surface area (Å²) >= 11 is 6.27. The molecule has 1 aliphatic carbocycles. The number of rotatable bonds is 4. The molecule has 0 radical (unpaired) electrons. The number of amides is 1. The highest BCUT2D eigenvalue weighted by Gasteiger charge is 2.36. The number of nitrogens with one attached hydrogen (secondary N) is 1. The van der Waals surface area contributed by atoms with Crippen molar-refractivity contribution >= 4 is 28.7 Å². The van der Waals surface area contributed by atoms with Gasteiger partial charge in [0.25, 0.3) is 5.56 Å². The van der Waals surface area contributed by atoms with Crippen LogP contribution in [0.3, 0.4) is 0 Å². The van der Waals surface area contributed by atoms with Gasteiger partial charge in [0.15, 0.2) is 11.2 Å². The maximum atomic E-state index is 12.6. The van der Waals surface area contributed by atoms with Crippen LogP contribution in [0.15, 0.2) is 29.1 Å². The molecule has 3 heterocycles. The third-order valence-corrected chi connectivity index (χ3v) is 6.09. The van der Waals surface area contributed by atoms with Crippen LogP contribution in [0.2, 0.25) is 5.02 Å². The van der Waals surface area contributed by atoms with Gasteiger partial charge in [-0.3, -0.25) is 9.59 Å². The molecule has 3 aromatic rings. The van der Waals surface area contributed by atoms with Gasteiger partial charge >= 0.3 is 0 Å². The number of carbonyl (C=O) groups is 1. The molecule has 1 saturated carbocycles. The van der Waals surface area contributed by atoms with Gasteiger partial charge in [-0.2, -0.15) is 0 Å². The van der Waals surface area contributed by atoms with Crippen LogP contribution in [0.5, 0.6) is 0 Å². The van der Waals surface area contributed by atoms with Gasteiger partial charge in [0.2, 0.25) is 5.91 Å². The van der Waals surface area contributed by atoms with E-state index in [1.54, 1.807) is 4.68 Å². The Bertz CT molecular complexity index is 1140. The molecule has 29 heavy (non-hydrogen) atoms. The number of likely N-dealkylation sites (tertiary alicyclic amines) is 1. The van der Waals surface area contributed by atoms with Crippen LogP contribution in [-0.2, 0) is 11.3 Å². The first-order chi connectivity index (χ1) is 14.1. The summed E-state index contributed by atoms with van der Waals surface area (Å²) in [4.78, 5) is 34.5. The van der Waals surface area contributed by atoms with E-state index in [-0.39, 0.29) is 28.8 Å². The zero-order valence-corrected chi connectivity index (χ0v) is 16.6. The molecular formula is C20H21ClN6O2. The van der Waals surface area contributed by atoms with Gasteiger partial charge in [0, 0.05) is 29.9 Å². The zero-order valence-electron chi connectivity index (χ0n) is 15.8. The number of H-pyrrole nitrogens is 1. The van der Waals surface area contributed by atoms with Gasteiger partial charge in [-0.1, -0.05) is 35.0 Å². The monoisotopic (exact) mass is 412 g/mol. The molecule has 2 aliphatic rings. The second-order valence-corrected chi connectivity index (χ2v) is 8.27. The van der Waals surface area contributed by atoms with Crippen LogP contribution < -0.4 is 5.56 Å². The lowest BCUT2D eigenvalue weighted by Crippen LogP contribution is -2.40. The number of nitrogens with zero attached hydrogens (tertiary/aromatic N) is 5. The van der Waals surface area contributed by atoms with Crippen molar-refractivity contribution in [3.63, 3.8) is 0 Å². The lowest BCUT2D eigenvalue weighted by molar-refractivity contribution is -0.133. The minimum atomic E-state index is -0.305. The summed E-state index contributed by atoms with van der Waals surface area (Å²) in [7, 11) is 0. The van der Waals surface area contributed by atoms with Crippen molar-refractivity contribution in [3.05, 3.63) is 51.0 Å². The predicted molar refractivity (Wildman–Crippen MR) is 108 cm³/mol. The fourth-order valence-electron chi connectivity index (χ4n) is 3.96. The molecule has 8 nitrogen and oxygen atoms in total. The molecule has 1 N–H and O–H groups in total. The fourth-order valence-corrected chi connectivity index (χ4v) is 4.16. The molecule has 1 amide bonds. The van der Waals surface area contributed by atoms with E-state index in [9.17, 15) is 9.59 Å². The maximum absolute atomic E-state index is 12.6. The first-order valence-electron chi connectivity index (χ1n) is 9.96. The second kappa shape index (κ2) is 7.26. The maximum Gasteiger partial charge on any atom is 0.281 e. The molecule has 1 aromatic carbocycles. The van der Waals surface area contributed by atoms with Gasteiger partial charge in [-0.25, -0.2) is 9.67 Å². The number of hydrogen-bond donors (Lipinski definition) is 1. The largest absolute Gasteiger partial charge is 0.342 e. The molecular weight excluding hydrogens is 392 g/mol. The van der Waals surface area contributed by atoms with Gasteiger partial charge < -0.3 is 9.88 Å². The summed E-state index contributed by atoms with van der Waals surface area (Å²) in [6.45, 7) is 1.75. The van der Waals surface area contributed by atoms with Crippen LogP contribution in [0.25, 0.3) is 11.2 Å². The van der Waals surface area contributed by atoms with Crippen molar-refractivity contribution in [2.75, 3.05) is 13.1 Å². The molecule has 1 aliphatic heterocycles. The van der Waals surface area contributed by atoms with Crippen molar-refractivity contribution in [1.82, 2.24) is 29.9 Å². The van der Waals surface area contributed by atoms with E-state index < -0.39 is 0 Å². The van der Waals surface area contributed by atoms with Crippen molar-refractivity contribution in [2.24, 2.45) is 5.92 Å². The Balaban J connectivity index is 1.46. The van der Waals surface area contributed by atoms with E-state index in [1.165, 1.54) is 0 Å². The quantitative estimate of drug-likeness (QED) is 0.709. The number of piperidine rings is 1. The normalized spacial score (nSPS) is 19.6. The summed E-state index contributed by atoms with van der Waals surface area (Å²) in [6.07, 6.45) is 3.78. The number of aromatic amines is 1. The number of hydrogen-bond acceptors (Lipinski definition) is 5. The van der Waals surface area contributed by atoms with Crippen molar-refractivity contribution in [2.45, 2.75) is 38.1 Å². The third kappa shape index (κ3) is 3.53. The summed E-state index contributed by atoms with van der Waals surface area (Å²) in [6, 6.07) is 7.49. The first kappa shape index (κ1) is 18.3. The van der Waals surface area contributed by atoms with Crippen LogP contribution in [-0.4, -0.2) is 48.9 Å². The summed E-state index contributed by atoms with van der Waals surface area (Å²) < 4.78 is 1.60. The standard InChI is InChI=1S/C20H21ClN6O2/c21-15-6-2-1-4-13(15)11-27-18-16(24-25-27)19(28)23-17(22-18)14-5-3-9-26(10-14)20(29)12-7-8-12/h1-2,4,6,12,14H,3,5,7-11H2,(H,22,23,28)/t14-/m1/s1. The van der Waals surface area contributed by atoms with E-state index in [0.29, 0.717) is 29.6 Å². The number of halogens is 1. The van der Waals surface area contributed by atoms with E-state index in [1.807, 2.05) is 29.2 Å². The Morgan fingerprint density at radius 1 is 1.24 bits per heavy atom. The predicted octanol–water partition coefficient (Wildman–Crippen LogP) is 2.33. The lowest BCUT2D eigenvalue weighted by atomic mass is 9.96. The van der Waals surface area contributed by atoms with Crippen LogP contribution in [0.4, 0.5) is 0 Å². The average Bonchev–Trinajstić information content (AvgIpc) is 3.51. The molecule has 1 atom stereocenters. The highest BCUT2D eigenvalue weighted by Crippen LogP contribution is 2.33. The van der Waals surface area contributed by atoms with E-state index in [4.69, 9.17) is 16.6 Å². The molecule has 9 heteroatoms. The number of carbonyl (C=O) groups excluding carboxylic acids is 1. The summed E-state index contributed by atoms with van der Waals surface area (Å²) in [5, 5.41) is 8.75. The molecule has 0 unspecified atom stereocenters. The fraction of sp³-hybridized carbons (Fsp3) is 0.450. The van der Waals surface area contributed by atoms with Crippen LogP contribution in [0.1, 0.15) is 43.0 Å². The van der Waals surface area contributed by atoms with Gasteiger partial charge in [0.05, 0.1) is 6.54 Å².